The van der Waals surface area contributed by atoms with E-state index >= 15 is 0 Å². The van der Waals surface area contributed by atoms with Crippen LogP contribution in [0.5, 0.6) is 11.5 Å². The van der Waals surface area contributed by atoms with Crippen LogP contribution in [0, 0.1) is 5.82 Å². The van der Waals surface area contributed by atoms with Gasteiger partial charge in [0.05, 0.1) is 11.7 Å². The molecule has 0 radical (unpaired) electrons. The number of amides is 1. The van der Waals surface area contributed by atoms with Crippen molar-refractivity contribution in [1.82, 2.24) is 10.2 Å². The van der Waals surface area contributed by atoms with Gasteiger partial charge in [0.2, 0.25) is 6.79 Å². The number of piperazine rings is 1. The van der Waals surface area contributed by atoms with Gasteiger partial charge in [0.25, 0.3) is 5.91 Å². The Hall–Kier alpha value is -3.58. The van der Waals surface area contributed by atoms with Crippen LogP contribution in [0.1, 0.15) is 22.0 Å². The van der Waals surface area contributed by atoms with Crippen molar-refractivity contribution in [2.75, 3.05) is 44.4 Å². The monoisotopic (exact) mass is 447 g/mol. The SMILES string of the molecule is O=C(NC[C@H](c1ccc2c(c1)OCO2)N1CCN(c2ccccc2F)CC1)c1ccccc1. The molecule has 0 aliphatic carbocycles. The summed E-state index contributed by atoms with van der Waals surface area (Å²) in [7, 11) is 0. The molecule has 7 heteroatoms. The Bertz CT molecular complexity index is 1120. The van der Waals surface area contributed by atoms with E-state index in [9.17, 15) is 9.18 Å². The third kappa shape index (κ3) is 4.64. The normalized spacial score (nSPS) is 16.5. The highest BCUT2D eigenvalue weighted by molar-refractivity contribution is 5.94. The Morgan fingerprint density at radius 3 is 2.42 bits per heavy atom. The third-order valence-electron chi connectivity index (χ3n) is 6.22. The number of carbonyl (C=O) groups excluding carboxylic acids is 1. The zero-order valence-electron chi connectivity index (χ0n) is 18.2. The smallest absolute Gasteiger partial charge is 0.251 e. The molecule has 2 aliphatic heterocycles. The van der Waals surface area contributed by atoms with Gasteiger partial charge in [0.1, 0.15) is 5.82 Å². The maximum Gasteiger partial charge on any atom is 0.251 e. The summed E-state index contributed by atoms with van der Waals surface area (Å²) >= 11 is 0. The Morgan fingerprint density at radius 1 is 0.909 bits per heavy atom. The number of nitrogens with one attached hydrogen (secondary N) is 1. The lowest BCUT2D eigenvalue weighted by atomic mass is 10.0. The van der Waals surface area contributed by atoms with E-state index in [1.807, 2.05) is 48.5 Å². The maximum atomic E-state index is 14.3. The summed E-state index contributed by atoms with van der Waals surface area (Å²) < 4.78 is 25.3. The zero-order valence-corrected chi connectivity index (χ0v) is 18.2. The van der Waals surface area contributed by atoms with Gasteiger partial charge in [-0.3, -0.25) is 9.69 Å². The van der Waals surface area contributed by atoms with Crippen molar-refractivity contribution in [2.45, 2.75) is 6.04 Å². The molecule has 5 rings (SSSR count). The van der Waals surface area contributed by atoms with Crippen LogP contribution in [0.2, 0.25) is 0 Å². The van der Waals surface area contributed by atoms with E-state index in [0.29, 0.717) is 30.9 Å². The molecular weight excluding hydrogens is 421 g/mol. The average Bonchev–Trinajstić information content (AvgIpc) is 3.33. The lowest BCUT2D eigenvalue weighted by Gasteiger charge is -2.40. The van der Waals surface area contributed by atoms with Crippen molar-refractivity contribution in [3.05, 3.63) is 89.7 Å². The van der Waals surface area contributed by atoms with Crippen molar-refractivity contribution in [3.63, 3.8) is 0 Å². The summed E-state index contributed by atoms with van der Waals surface area (Å²) in [5.41, 5.74) is 2.31. The van der Waals surface area contributed by atoms with E-state index in [-0.39, 0.29) is 24.6 Å². The van der Waals surface area contributed by atoms with Gasteiger partial charge >= 0.3 is 0 Å². The lowest BCUT2D eigenvalue weighted by Crippen LogP contribution is -2.50. The summed E-state index contributed by atoms with van der Waals surface area (Å²) in [5, 5.41) is 3.09. The topological polar surface area (TPSA) is 54.0 Å². The minimum absolute atomic E-state index is 0.0464. The fourth-order valence-electron chi connectivity index (χ4n) is 4.44. The molecule has 1 amide bonds. The van der Waals surface area contributed by atoms with Gasteiger partial charge in [-0.05, 0) is 42.0 Å². The van der Waals surface area contributed by atoms with Crippen molar-refractivity contribution in [2.24, 2.45) is 0 Å². The summed E-state index contributed by atoms with van der Waals surface area (Å²) in [6, 6.07) is 22.0. The molecule has 1 saturated heterocycles. The minimum atomic E-state index is -0.201. The molecule has 3 aromatic carbocycles. The van der Waals surface area contributed by atoms with E-state index in [1.54, 1.807) is 18.2 Å². The van der Waals surface area contributed by atoms with Gasteiger partial charge in [-0.15, -0.1) is 0 Å². The first-order chi connectivity index (χ1) is 16.2. The highest BCUT2D eigenvalue weighted by Crippen LogP contribution is 2.36. The highest BCUT2D eigenvalue weighted by Gasteiger charge is 2.28. The van der Waals surface area contributed by atoms with Crippen LogP contribution in [-0.4, -0.2) is 50.3 Å². The molecular formula is C26H26FN3O3. The fraction of sp³-hybridized carbons (Fsp3) is 0.269. The van der Waals surface area contributed by atoms with Gasteiger partial charge in [0.15, 0.2) is 11.5 Å². The van der Waals surface area contributed by atoms with Gasteiger partial charge in [0, 0.05) is 38.3 Å². The van der Waals surface area contributed by atoms with E-state index in [2.05, 4.69) is 15.1 Å². The average molecular weight is 448 g/mol. The molecule has 1 N–H and O–H groups in total. The van der Waals surface area contributed by atoms with Gasteiger partial charge < -0.3 is 19.7 Å². The van der Waals surface area contributed by atoms with Crippen molar-refractivity contribution in [1.29, 1.82) is 0 Å². The molecule has 0 aromatic heterocycles. The van der Waals surface area contributed by atoms with Gasteiger partial charge in [-0.2, -0.15) is 0 Å². The molecule has 0 bridgehead atoms. The van der Waals surface area contributed by atoms with Crippen LogP contribution in [-0.2, 0) is 0 Å². The summed E-state index contributed by atoms with van der Waals surface area (Å²) in [4.78, 5) is 17.1. The van der Waals surface area contributed by atoms with Gasteiger partial charge in [-0.1, -0.05) is 36.4 Å². The Kier molecular flexibility index (Phi) is 6.13. The first-order valence-electron chi connectivity index (χ1n) is 11.2. The van der Waals surface area contributed by atoms with E-state index in [1.165, 1.54) is 6.07 Å². The van der Waals surface area contributed by atoms with Crippen LogP contribution in [0.4, 0.5) is 10.1 Å². The highest BCUT2D eigenvalue weighted by atomic mass is 19.1. The van der Waals surface area contributed by atoms with Crippen molar-refractivity contribution in [3.8, 4) is 11.5 Å². The number of anilines is 1. The predicted molar refractivity (Wildman–Crippen MR) is 124 cm³/mol. The Balaban J connectivity index is 1.33. The fourth-order valence-corrected chi connectivity index (χ4v) is 4.44. The van der Waals surface area contributed by atoms with Gasteiger partial charge in [-0.25, -0.2) is 4.39 Å². The molecule has 1 atom stereocenters. The first-order valence-corrected chi connectivity index (χ1v) is 11.2. The molecule has 0 spiro atoms. The molecule has 1 fully saturated rings. The van der Waals surface area contributed by atoms with Crippen LogP contribution < -0.4 is 19.7 Å². The quantitative estimate of drug-likeness (QED) is 0.622. The van der Waals surface area contributed by atoms with Crippen LogP contribution in [0.3, 0.4) is 0 Å². The second-order valence-corrected chi connectivity index (χ2v) is 8.18. The molecule has 6 nitrogen and oxygen atoms in total. The Labute approximate surface area is 192 Å². The number of halogens is 1. The largest absolute Gasteiger partial charge is 0.454 e. The minimum Gasteiger partial charge on any atom is -0.454 e. The number of benzene rings is 3. The summed E-state index contributed by atoms with van der Waals surface area (Å²) in [6.07, 6.45) is 0. The molecule has 2 heterocycles. The predicted octanol–water partition coefficient (Wildman–Crippen LogP) is 3.85. The first kappa shape index (κ1) is 21.3. The molecule has 2 aliphatic rings. The van der Waals surface area contributed by atoms with Crippen molar-refractivity contribution < 1.29 is 18.7 Å². The summed E-state index contributed by atoms with van der Waals surface area (Å²) in [5.74, 6) is 1.15. The number of para-hydroxylation sites is 1. The van der Waals surface area contributed by atoms with Crippen LogP contribution >= 0.6 is 0 Å². The standard InChI is InChI=1S/C26H26FN3O3/c27-21-8-4-5-9-22(21)29-12-14-30(15-13-29)23(17-28-26(31)19-6-2-1-3-7-19)20-10-11-24-25(16-20)33-18-32-24/h1-11,16,23H,12-15,17-18H2,(H,28,31)/t23-/m1/s1. The van der Waals surface area contributed by atoms with E-state index < -0.39 is 0 Å². The molecule has 0 saturated carbocycles. The van der Waals surface area contributed by atoms with E-state index in [4.69, 9.17) is 9.47 Å². The van der Waals surface area contributed by atoms with E-state index in [0.717, 1.165) is 30.2 Å². The number of fused-ring (bicyclic) bond motifs is 1. The number of ether oxygens (including phenoxy) is 2. The number of rotatable bonds is 6. The molecule has 0 unspecified atom stereocenters. The molecule has 170 valence electrons. The number of carbonyl (C=O) groups is 1. The number of hydrogen-bond donors (Lipinski definition) is 1. The maximum absolute atomic E-state index is 14.3. The summed E-state index contributed by atoms with van der Waals surface area (Å²) in [6.45, 7) is 3.56. The second kappa shape index (κ2) is 9.50. The molecule has 3 aromatic rings. The Morgan fingerprint density at radius 2 is 1.64 bits per heavy atom. The van der Waals surface area contributed by atoms with Crippen molar-refractivity contribution >= 4 is 11.6 Å². The number of nitrogens with zero attached hydrogens (tertiary/aromatic N) is 2. The second-order valence-electron chi connectivity index (χ2n) is 8.18. The van der Waals surface area contributed by atoms with Crippen LogP contribution in [0.25, 0.3) is 0 Å². The number of hydrogen-bond acceptors (Lipinski definition) is 5. The molecule has 33 heavy (non-hydrogen) atoms. The van der Waals surface area contributed by atoms with Crippen LogP contribution in [0.15, 0.2) is 72.8 Å². The lowest BCUT2D eigenvalue weighted by molar-refractivity contribution is 0.0930. The third-order valence-corrected chi connectivity index (χ3v) is 6.22. The zero-order chi connectivity index (χ0) is 22.6.